The number of nitrogens with zero attached hydrogens (tertiary/aromatic N) is 2. The van der Waals surface area contributed by atoms with Crippen LogP contribution in [-0.4, -0.2) is 28.6 Å². The van der Waals surface area contributed by atoms with Crippen LogP contribution in [0.5, 0.6) is 0 Å². The maximum absolute atomic E-state index is 12.1. The molecular weight excluding hydrogens is 382 g/mol. The van der Waals surface area contributed by atoms with Crippen LogP contribution in [0, 0.1) is 0 Å². The number of para-hydroxylation sites is 1. The summed E-state index contributed by atoms with van der Waals surface area (Å²) in [5.74, 6) is 0. The van der Waals surface area contributed by atoms with E-state index in [9.17, 15) is 4.79 Å². The molecule has 0 radical (unpaired) electrons. The summed E-state index contributed by atoms with van der Waals surface area (Å²) in [7, 11) is 0. The van der Waals surface area contributed by atoms with E-state index in [1.165, 1.54) is 16.7 Å². The minimum absolute atomic E-state index is 0.214. The summed E-state index contributed by atoms with van der Waals surface area (Å²) in [6, 6.07) is 22.8. The van der Waals surface area contributed by atoms with Crippen molar-refractivity contribution in [2.75, 3.05) is 13.1 Å². The molecule has 2 heterocycles. The molecule has 1 aliphatic heterocycles. The number of hydrogen-bond donors (Lipinski definition) is 1. The van der Waals surface area contributed by atoms with Crippen LogP contribution in [0.2, 0.25) is 0 Å². The van der Waals surface area contributed by atoms with Gasteiger partial charge in [0.2, 0.25) is 0 Å². The Kier molecular flexibility index (Phi) is 4.05. The molecule has 1 spiro atoms. The molecule has 4 aromatic rings. The first kappa shape index (κ1) is 18.4. The number of carbonyl (C=O) groups excluding carboxylic acids is 1. The molecule has 1 fully saturated rings. The zero-order valence-corrected chi connectivity index (χ0v) is 17.4. The van der Waals surface area contributed by atoms with E-state index in [4.69, 9.17) is 5.73 Å². The van der Waals surface area contributed by atoms with E-state index in [1.54, 1.807) is 4.57 Å². The zero-order chi connectivity index (χ0) is 21.0. The molecule has 1 aliphatic carbocycles. The Hall–Kier alpha value is -3.37. The summed E-state index contributed by atoms with van der Waals surface area (Å²) in [4.78, 5) is 14.6. The summed E-state index contributed by atoms with van der Waals surface area (Å²) in [6.45, 7) is 3.09. The van der Waals surface area contributed by atoms with Gasteiger partial charge < -0.3 is 5.73 Å². The van der Waals surface area contributed by atoms with Gasteiger partial charge in [0.25, 0.3) is 0 Å². The Morgan fingerprint density at radius 2 is 1.65 bits per heavy atom. The average Bonchev–Trinajstić information content (AvgIpc) is 3.32. The molecule has 1 amide bonds. The van der Waals surface area contributed by atoms with Crippen molar-refractivity contribution in [3.05, 3.63) is 89.5 Å². The Morgan fingerprint density at radius 1 is 0.903 bits per heavy atom. The van der Waals surface area contributed by atoms with Gasteiger partial charge in [0, 0.05) is 22.7 Å². The van der Waals surface area contributed by atoms with Gasteiger partial charge >= 0.3 is 6.03 Å². The van der Waals surface area contributed by atoms with Crippen LogP contribution >= 0.6 is 0 Å². The van der Waals surface area contributed by atoms with Crippen LogP contribution in [0.15, 0.2) is 72.8 Å². The molecule has 1 saturated heterocycles. The van der Waals surface area contributed by atoms with Crippen LogP contribution in [0.25, 0.3) is 27.9 Å². The maximum Gasteiger partial charge on any atom is 0.323 e. The van der Waals surface area contributed by atoms with Gasteiger partial charge in [0.05, 0.1) is 11.0 Å². The summed E-state index contributed by atoms with van der Waals surface area (Å²) in [5, 5.41) is 2.16. The summed E-state index contributed by atoms with van der Waals surface area (Å²) < 4.78 is 1.61. The molecule has 4 heteroatoms. The van der Waals surface area contributed by atoms with Gasteiger partial charge in [-0.15, -0.1) is 0 Å². The monoisotopic (exact) mass is 407 g/mol. The van der Waals surface area contributed by atoms with E-state index in [-0.39, 0.29) is 5.41 Å². The Balaban J connectivity index is 1.27. The van der Waals surface area contributed by atoms with E-state index in [2.05, 4.69) is 59.5 Å². The Labute approximate surface area is 181 Å². The predicted molar refractivity (Wildman–Crippen MR) is 126 cm³/mol. The van der Waals surface area contributed by atoms with Crippen LogP contribution in [0.3, 0.4) is 0 Å². The SMILES string of the molecule is NC(=O)n1c2ccccc2c2cc(CN3CCC4(C=Cc5ccccc54)CC3)ccc21. The third-order valence-electron chi connectivity index (χ3n) is 7.19. The molecule has 1 aromatic heterocycles. The van der Waals surface area contributed by atoms with Crippen LogP contribution in [0.4, 0.5) is 4.79 Å². The van der Waals surface area contributed by atoms with Crippen molar-refractivity contribution in [2.45, 2.75) is 24.8 Å². The lowest BCUT2D eigenvalue weighted by Crippen LogP contribution is -2.40. The average molecular weight is 408 g/mol. The predicted octanol–water partition coefficient (Wildman–Crippen LogP) is 5.28. The van der Waals surface area contributed by atoms with Gasteiger partial charge in [-0.05, 0) is 60.8 Å². The van der Waals surface area contributed by atoms with Crippen molar-refractivity contribution < 1.29 is 4.79 Å². The van der Waals surface area contributed by atoms with Crippen molar-refractivity contribution in [1.29, 1.82) is 0 Å². The number of nitrogens with two attached hydrogens (primary N) is 1. The van der Waals surface area contributed by atoms with Crippen molar-refractivity contribution in [1.82, 2.24) is 9.47 Å². The molecule has 154 valence electrons. The number of amides is 1. The highest BCUT2D eigenvalue weighted by atomic mass is 16.2. The molecule has 0 atom stereocenters. The number of aromatic nitrogens is 1. The van der Waals surface area contributed by atoms with Gasteiger partial charge in [-0.1, -0.05) is 60.7 Å². The maximum atomic E-state index is 12.1. The third-order valence-corrected chi connectivity index (χ3v) is 7.19. The normalized spacial score (nSPS) is 17.5. The Morgan fingerprint density at radius 3 is 2.48 bits per heavy atom. The second-order valence-corrected chi connectivity index (χ2v) is 8.90. The van der Waals surface area contributed by atoms with Gasteiger partial charge in [0.1, 0.15) is 0 Å². The first-order valence-electron chi connectivity index (χ1n) is 11.0. The van der Waals surface area contributed by atoms with E-state index >= 15 is 0 Å². The molecule has 4 nitrogen and oxygen atoms in total. The number of fused-ring (bicyclic) bond motifs is 5. The summed E-state index contributed by atoms with van der Waals surface area (Å²) >= 11 is 0. The van der Waals surface area contributed by atoms with Crippen molar-refractivity contribution >= 4 is 33.9 Å². The molecule has 0 unspecified atom stereocenters. The van der Waals surface area contributed by atoms with Crippen molar-refractivity contribution in [3.8, 4) is 0 Å². The second kappa shape index (κ2) is 6.82. The largest absolute Gasteiger partial charge is 0.351 e. The van der Waals surface area contributed by atoms with Gasteiger partial charge in [0.15, 0.2) is 0 Å². The molecule has 0 saturated carbocycles. The first-order chi connectivity index (χ1) is 15.1. The Bertz CT molecular complexity index is 1360. The number of benzene rings is 3. The van der Waals surface area contributed by atoms with E-state index < -0.39 is 6.03 Å². The number of rotatable bonds is 2. The molecular formula is C27H25N3O. The number of primary amides is 1. The highest BCUT2D eigenvalue weighted by Crippen LogP contribution is 2.43. The molecule has 0 bridgehead atoms. The van der Waals surface area contributed by atoms with Crippen LogP contribution in [-0.2, 0) is 12.0 Å². The molecule has 31 heavy (non-hydrogen) atoms. The zero-order valence-electron chi connectivity index (χ0n) is 17.4. The van der Waals surface area contributed by atoms with Gasteiger partial charge in [-0.2, -0.15) is 0 Å². The minimum atomic E-state index is -0.440. The highest BCUT2D eigenvalue weighted by Gasteiger charge is 2.37. The van der Waals surface area contributed by atoms with Crippen molar-refractivity contribution in [3.63, 3.8) is 0 Å². The minimum Gasteiger partial charge on any atom is -0.351 e. The van der Waals surface area contributed by atoms with E-state index in [1.807, 2.05) is 24.3 Å². The standard InChI is InChI=1S/C27H25N3O/c28-26(31)30-24-8-4-2-6-21(24)22-17-19(9-10-25(22)30)18-29-15-13-27(14-16-29)12-11-20-5-1-3-7-23(20)27/h1-12,17H,13-16,18H2,(H2,28,31). The van der Waals surface area contributed by atoms with Crippen LogP contribution in [0.1, 0.15) is 29.5 Å². The highest BCUT2D eigenvalue weighted by molar-refractivity contribution is 6.13. The molecule has 2 aliphatic rings. The first-order valence-corrected chi connectivity index (χ1v) is 11.0. The summed E-state index contributed by atoms with van der Waals surface area (Å²) in [5.41, 5.74) is 11.8. The number of carbonyl (C=O) groups is 1. The van der Waals surface area contributed by atoms with E-state index in [0.717, 1.165) is 54.3 Å². The van der Waals surface area contributed by atoms with E-state index in [0.29, 0.717) is 0 Å². The fraction of sp³-hybridized carbons (Fsp3) is 0.222. The third kappa shape index (κ3) is 2.82. The van der Waals surface area contributed by atoms with Gasteiger partial charge in [-0.25, -0.2) is 4.79 Å². The smallest absolute Gasteiger partial charge is 0.323 e. The van der Waals surface area contributed by atoms with Crippen molar-refractivity contribution in [2.24, 2.45) is 5.73 Å². The molecule has 2 N–H and O–H groups in total. The topological polar surface area (TPSA) is 51.3 Å². The number of likely N-dealkylation sites (tertiary alicyclic amines) is 1. The molecule has 6 rings (SSSR count). The van der Waals surface area contributed by atoms with Gasteiger partial charge in [-0.3, -0.25) is 9.47 Å². The lowest BCUT2D eigenvalue weighted by Gasteiger charge is -2.39. The molecule has 3 aromatic carbocycles. The second-order valence-electron chi connectivity index (χ2n) is 8.90. The lowest BCUT2D eigenvalue weighted by molar-refractivity contribution is 0.177. The number of allylic oxidation sites excluding steroid dienone is 1. The fourth-order valence-electron chi connectivity index (χ4n) is 5.60. The number of piperidine rings is 1. The summed E-state index contributed by atoms with van der Waals surface area (Å²) in [6.07, 6.45) is 7.04. The fourth-order valence-corrected chi connectivity index (χ4v) is 5.60. The lowest BCUT2D eigenvalue weighted by atomic mass is 9.74. The number of hydrogen-bond acceptors (Lipinski definition) is 2. The quantitative estimate of drug-likeness (QED) is 0.491. The van der Waals surface area contributed by atoms with Crippen LogP contribution < -0.4 is 5.73 Å².